The van der Waals surface area contributed by atoms with E-state index in [-0.39, 0.29) is 11.0 Å². The Kier molecular flexibility index (Phi) is 3.93. The van der Waals surface area contributed by atoms with Crippen LogP contribution in [0.1, 0.15) is 11.5 Å². The second-order valence-corrected chi connectivity index (χ2v) is 6.46. The first-order chi connectivity index (χ1) is 10.0. The van der Waals surface area contributed by atoms with E-state index in [1.165, 1.54) is 0 Å². The van der Waals surface area contributed by atoms with E-state index < -0.39 is 5.92 Å². The molecule has 1 amide bonds. The molecule has 1 unspecified atom stereocenters. The van der Waals surface area contributed by atoms with Gasteiger partial charge in [0, 0.05) is 20.6 Å². The highest BCUT2D eigenvalue weighted by Crippen LogP contribution is 2.42. The van der Waals surface area contributed by atoms with Gasteiger partial charge in [-0.1, -0.05) is 41.0 Å². The molecule has 3 nitrogen and oxygen atoms in total. The highest BCUT2D eigenvalue weighted by atomic mass is 35.5. The van der Waals surface area contributed by atoms with Crippen LogP contribution in [0.2, 0.25) is 10.0 Å². The Labute approximate surface area is 135 Å². The summed E-state index contributed by atoms with van der Waals surface area (Å²) in [5.74, 6) is -1.22. The molecule has 1 N–H and O–H groups in total. The van der Waals surface area contributed by atoms with Crippen molar-refractivity contribution in [1.82, 2.24) is 0 Å². The number of benzene rings is 2. The Morgan fingerprint density at radius 1 is 1.10 bits per heavy atom. The number of amides is 1. The molecule has 0 aromatic heterocycles. The second kappa shape index (κ2) is 5.72. The SMILES string of the molecule is O=C(Nc1cccc(Cl)c1)C1C(=O)Sc2ccc(Cl)cc21. The van der Waals surface area contributed by atoms with E-state index in [9.17, 15) is 9.59 Å². The average molecular weight is 338 g/mol. The summed E-state index contributed by atoms with van der Waals surface area (Å²) in [5.41, 5.74) is 1.21. The van der Waals surface area contributed by atoms with Crippen LogP contribution in [0.4, 0.5) is 5.69 Å². The molecule has 2 aromatic rings. The van der Waals surface area contributed by atoms with Crippen molar-refractivity contribution in [2.75, 3.05) is 5.32 Å². The van der Waals surface area contributed by atoms with Crippen molar-refractivity contribution in [2.24, 2.45) is 0 Å². The zero-order chi connectivity index (χ0) is 15.0. The molecule has 6 heteroatoms. The lowest BCUT2D eigenvalue weighted by Gasteiger charge is -2.11. The third kappa shape index (κ3) is 2.93. The number of rotatable bonds is 2. The molecule has 3 rings (SSSR count). The average Bonchev–Trinajstić information content (AvgIpc) is 2.74. The van der Waals surface area contributed by atoms with Gasteiger partial charge in [-0.05, 0) is 42.0 Å². The van der Waals surface area contributed by atoms with E-state index >= 15 is 0 Å². The van der Waals surface area contributed by atoms with E-state index in [0.29, 0.717) is 21.3 Å². The van der Waals surface area contributed by atoms with Crippen LogP contribution in [-0.2, 0) is 9.59 Å². The van der Waals surface area contributed by atoms with E-state index in [1.54, 1.807) is 42.5 Å². The van der Waals surface area contributed by atoms with Gasteiger partial charge in [0.15, 0.2) is 0 Å². The predicted octanol–water partition coefficient (Wildman–Crippen LogP) is 4.35. The van der Waals surface area contributed by atoms with Crippen LogP contribution < -0.4 is 5.32 Å². The normalized spacial score (nSPS) is 16.7. The molecule has 0 fully saturated rings. The molecule has 0 saturated heterocycles. The van der Waals surface area contributed by atoms with Gasteiger partial charge in [0.05, 0.1) is 0 Å². The van der Waals surface area contributed by atoms with Crippen molar-refractivity contribution in [2.45, 2.75) is 10.8 Å². The summed E-state index contributed by atoms with van der Waals surface area (Å²) in [5, 5.41) is 3.53. The zero-order valence-corrected chi connectivity index (χ0v) is 12.9. The maximum absolute atomic E-state index is 12.4. The van der Waals surface area contributed by atoms with E-state index in [0.717, 1.165) is 16.7 Å². The number of nitrogens with one attached hydrogen (secondary N) is 1. The summed E-state index contributed by atoms with van der Waals surface area (Å²) in [6, 6.07) is 11.9. The highest BCUT2D eigenvalue weighted by molar-refractivity contribution is 8.14. The molecule has 0 bridgehead atoms. The Hall–Kier alpha value is -1.49. The molecule has 1 atom stereocenters. The van der Waals surface area contributed by atoms with Crippen molar-refractivity contribution >= 4 is 51.7 Å². The summed E-state index contributed by atoms with van der Waals surface area (Å²) in [6.45, 7) is 0. The van der Waals surface area contributed by atoms with Gasteiger partial charge in [-0.3, -0.25) is 9.59 Å². The number of fused-ring (bicyclic) bond motifs is 1. The minimum Gasteiger partial charge on any atom is -0.325 e. The van der Waals surface area contributed by atoms with Gasteiger partial charge in [0.25, 0.3) is 0 Å². The third-order valence-corrected chi connectivity index (χ3v) is 4.58. The molecular weight excluding hydrogens is 329 g/mol. The Bertz CT molecular complexity index is 748. The van der Waals surface area contributed by atoms with E-state index in [2.05, 4.69) is 5.32 Å². The van der Waals surface area contributed by atoms with Gasteiger partial charge in [0.1, 0.15) is 5.92 Å². The number of halogens is 2. The van der Waals surface area contributed by atoms with Gasteiger partial charge >= 0.3 is 0 Å². The monoisotopic (exact) mass is 337 g/mol. The van der Waals surface area contributed by atoms with Crippen LogP contribution in [-0.4, -0.2) is 11.0 Å². The van der Waals surface area contributed by atoms with Crippen LogP contribution in [0, 0.1) is 0 Å². The summed E-state index contributed by atoms with van der Waals surface area (Å²) >= 11 is 12.9. The number of anilines is 1. The van der Waals surface area contributed by atoms with Crippen molar-refractivity contribution in [3.8, 4) is 0 Å². The third-order valence-electron chi connectivity index (χ3n) is 3.08. The molecule has 21 heavy (non-hydrogen) atoms. The Morgan fingerprint density at radius 2 is 1.86 bits per heavy atom. The molecular formula is C15H9Cl2NO2S. The van der Waals surface area contributed by atoms with Crippen molar-refractivity contribution in [3.63, 3.8) is 0 Å². The molecule has 106 valence electrons. The molecule has 1 aliphatic heterocycles. The van der Waals surface area contributed by atoms with Crippen LogP contribution in [0.5, 0.6) is 0 Å². The Balaban J connectivity index is 1.89. The fourth-order valence-electron chi connectivity index (χ4n) is 2.16. The number of hydrogen-bond acceptors (Lipinski definition) is 3. The number of thioether (sulfide) groups is 1. The first-order valence-corrected chi connectivity index (χ1v) is 7.69. The predicted molar refractivity (Wildman–Crippen MR) is 85.1 cm³/mol. The van der Waals surface area contributed by atoms with Crippen molar-refractivity contribution in [3.05, 3.63) is 58.1 Å². The highest BCUT2D eigenvalue weighted by Gasteiger charge is 2.37. The first-order valence-electron chi connectivity index (χ1n) is 6.12. The lowest BCUT2D eigenvalue weighted by molar-refractivity contribution is -0.123. The minimum absolute atomic E-state index is 0.202. The van der Waals surface area contributed by atoms with Gasteiger partial charge < -0.3 is 5.32 Å². The maximum Gasteiger partial charge on any atom is 0.240 e. The van der Waals surface area contributed by atoms with E-state index in [4.69, 9.17) is 23.2 Å². The molecule has 2 aromatic carbocycles. The second-order valence-electron chi connectivity index (χ2n) is 4.54. The zero-order valence-electron chi connectivity index (χ0n) is 10.6. The Morgan fingerprint density at radius 3 is 2.62 bits per heavy atom. The quantitative estimate of drug-likeness (QED) is 0.828. The fourth-order valence-corrected chi connectivity index (χ4v) is 3.53. The summed E-state index contributed by atoms with van der Waals surface area (Å²) in [6.07, 6.45) is 0. The topological polar surface area (TPSA) is 46.2 Å². The molecule has 0 saturated carbocycles. The van der Waals surface area contributed by atoms with E-state index in [1.807, 2.05) is 0 Å². The maximum atomic E-state index is 12.4. The fraction of sp³-hybridized carbons (Fsp3) is 0.0667. The lowest BCUT2D eigenvalue weighted by atomic mass is 10.00. The number of carbonyl (C=O) groups is 2. The van der Waals surface area contributed by atoms with Crippen LogP contribution in [0.25, 0.3) is 0 Å². The lowest BCUT2D eigenvalue weighted by Crippen LogP contribution is -2.23. The number of carbonyl (C=O) groups excluding carboxylic acids is 2. The summed E-state index contributed by atoms with van der Waals surface area (Å²) in [7, 11) is 0. The summed E-state index contributed by atoms with van der Waals surface area (Å²) in [4.78, 5) is 25.2. The van der Waals surface area contributed by atoms with Crippen LogP contribution in [0.3, 0.4) is 0 Å². The van der Waals surface area contributed by atoms with Crippen molar-refractivity contribution in [1.29, 1.82) is 0 Å². The largest absolute Gasteiger partial charge is 0.325 e. The van der Waals surface area contributed by atoms with Gasteiger partial charge in [-0.25, -0.2) is 0 Å². The molecule has 0 radical (unpaired) electrons. The molecule has 0 spiro atoms. The summed E-state index contributed by atoms with van der Waals surface area (Å²) < 4.78 is 0. The number of hydrogen-bond donors (Lipinski definition) is 1. The molecule has 0 aliphatic carbocycles. The molecule has 1 aliphatic rings. The van der Waals surface area contributed by atoms with Gasteiger partial charge in [-0.15, -0.1) is 0 Å². The van der Waals surface area contributed by atoms with Crippen LogP contribution in [0.15, 0.2) is 47.4 Å². The van der Waals surface area contributed by atoms with Gasteiger partial charge in [-0.2, -0.15) is 0 Å². The smallest absolute Gasteiger partial charge is 0.240 e. The minimum atomic E-state index is -0.845. The van der Waals surface area contributed by atoms with Crippen LogP contribution >= 0.6 is 35.0 Å². The first kappa shape index (κ1) is 14.4. The van der Waals surface area contributed by atoms with Crippen molar-refractivity contribution < 1.29 is 9.59 Å². The molecule has 1 heterocycles. The van der Waals surface area contributed by atoms with Gasteiger partial charge in [0.2, 0.25) is 11.0 Å². The standard InChI is InChI=1S/C15H9Cl2NO2S/c16-8-2-1-3-10(6-8)18-14(19)13-11-7-9(17)4-5-12(11)21-15(13)20/h1-7,13H,(H,18,19).